The van der Waals surface area contributed by atoms with Gasteiger partial charge in [-0.15, -0.1) is 0 Å². The van der Waals surface area contributed by atoms with Crippen LogP contribution in [0.4, 0.5) is 11.4 Å². The Hall–Kier alpha value is -1.23. The van der Waals surface area contributed by atoms with Gasteiger partial charge in [-0.3, -0.25) is 4.79 Å². The Morgan fingerprint density at radius 2 is 1.80 bits per heavy atom. The number of halogens is 3. The van der Waals surface area contributed by atoms with E-state index in [-0.39, 0.29) is 12.5 Å². The smallest absolute Gasteiger partial charge is 0.243 e. The standard InChI is InChI=1S/C14H11BrCl2N2O/c15-9-1-4-11(5-2-9)19-14(20)8-18-13-6-3-10(16)7-12(13)17/h1-7,18H,8H2,(H,19,20). The van der Waals surface area contributed by atoms with E-state index in [4.69, 9.17) is 23.2 Å². The Labute approximate surface area is 135 Å². The summed E-state index contributed by atoms with van der Waals surface area (Å²) in [6.45, 7) is 0.122. The van der Waals surface area contributed by atoms with E-state index in [1.807, 2.05) is 24.3 Å². The van der Waals surface area contributed by atoms with Crippen LogP contribution >= 0.6 is 39.1 Å². The van der Waals surface area contributed by atoms with Crippen LogP contribution in [0.1, 0.15) is 0 Å². The molecular weight excluding hydrogens is 363 g/mol. The van der Waals surface area contributed by atoms with Gasteiger partial charge >= 0.3 is 0 Å². The summed E-state index contributed by atoms with van der Waals surface area (Å²) in [5.74, 6) is -0.154. The van der Waals surface area contributed by atoms with Gasteiger partial charge in [0.05, 0.1) is 17.3 Å². The fourth-order valence-electron chi connectivity index (χ4n) is 1.55. The summed E-state index contributed by atoms with van der Waals surface area (Å²) in [7, 11) is 0. The number of hydrogen-bond donors (Lipinski definition) is 2. The fraction of sp³-hybridized carbons (Fsp3) is 0.0714. The molecule has 0 saturated heterocycles. The molecule has 0 atom stereocenters. The van der Waals surface area contributed by atoms with Crippen LogP contribution < -0.4 is 10.6 Å². The van der Waals surface area contributed by atoms with Crippen molar-refractivity contribution in [1.29, 1.82) is 0 Å². The van der Waals surface area contributed by atoms with Gasteiger partial charge in [-0.1, -0.05) is 39.1 Å². The van der Waals surface area contributed by atoms with E-state index in [2.05, 4.69) is 26.6 Å². The molecule has 2 aromatic carbocycles. The number of rotatable bonds is 4. The second-order valence-electron chi connectivity index (χ2n) is 4.03. The molecule has 0 heterocycles. The summed E-state index contributed by atoms with van der Waals surface area (Å²) >= 11 is 15.1. The molecule has 6 heteroatoms. The Morgan fingerprint density at radius 3 is 2.45 bits per heavy atom. The van der Waals surface area contributed by atoms with Gasteiger partial charge < -0.3 is 10.6 Å². The molecule has 20 heavy (non-hydrogen) atoms. The van der Waals surface area contributed by atoms with E-state index in [0.717, 1.165) is 10.2 Å². The molecule has 104 valence electrons. The third-order valence-electron chi connectivity index (χ3n) is 2.50. The molecule has 2 aromatic rings. The van der Waals surface area contributed by atoms with Gasteiger partial charge in [0.15, 0.2) is 0 Å². The summed E-state index contributed by atoms with van der Waals surface area (Å²) in [5.41, 5.74) is 1.41. The fourth-order valence-corrected chi connectivity index (χ4v) is 2.29. The van der Waals surface area contributed by atoms with Crippen LogP contribution in [-0.2, 0) is 4.79 Å². The number of benzene rings is 2. The maximum atomic E-state index is 11.8. The number of carbonyl (C=O) groups is 1. The molecule has 0 bridgehead atoms. The highest BCUT2D eigenvalue weighted by Gasteiger charge is 2.05. The molecule has 0 fully saturated rings. The van der Waals surface area contributed by atoms with Crippen molar-refractivity contribution in [3.05, 3.63) is 57.0 Å². The van der Waals surface area contributed by atoms with Gasteiger partial charge in [0, 0.05) is 15.2 Å². The van der Waals surface area contributed by atoms with Crippen molar-refractivity contribution < 1.29 is 4.79 Å². The van der Waals surface area contributed by atoms with E-state index < -0.39 is 0 Å². The number of carbonyl (C=O) groups excluding carboxylic acids is 1. The van der Waals surface area contributed by atoms with Crippen LogP contribution in [0, 0.1) is 0 Å². The Kier molecular flexibility index (Phi) is 5.29. The van der Waals surface area contributed by atoms with Crippen LogP contribution in [-0.4, -0.2) is 12.5 Å². The van der Waals surface area contributed by atoms with E-state index >= 15 is 0 Å². The first-order valence-corrected chi connectivity index (χ1v) is 7.34. The Balaban J connectivity index is 1.90. The first kappa shape index (κ1) is 15.2. The van der Waals surface area contributed by atoms with Crippen molar-refractivity contribution in [3.63, 3.8) is 0 Å². The van der Waals surface area contributed by atoms with Crippen molar-refractivity contribution in [1.82, 2.24) is 0 Å². The molecule has 0 saturated carbocycles. The first-order chi connectivity index (χ1) is 9.54. The molecule has 0 aromatic heterocycles. The van der Waals surface area contributed by atoms with E-state index in [0.29, 0.717) is 15.7 Å². The summed E-state index contributed by atoms with van der Waals surface area (Å²) in [4.78, 5) is 11.8. The number of amides is 1. The Morgan fingerprint density at radius 1 is 1.10 bits per heavy atom. The summed E-state index contributed by atoms with van der Waals surface area (Å²) in [5, 5.41) is 6.77. The van der Waals surface area contributed by atoms with Crippen LogP contribution in [0.2, 0.25) is 10.0 Å². The van der Waals surface area contributed by atoms with Crippen molar-refractivity contribution in [2.75, 3.05) is 17.2 Å². The molecule has 0 aliphatic rings. The molecule has 2 rings (SSSR count). The normalized spacial score (nSPS) is 10.2. The number of anilines is 2. The zero-order valence-electron chi connectivity index (χ0n) is 10.3. The van der Waals surface area contributed by atoms with Crippen molar-refractivity contribution in [3.8, 4) is 0 Å². The third-order valence-corrected chi connectivity index (χ3v) is 3.57. The van der Waals surface area contributed by atoms with E-state index in [9.17, 15) is 4.79 Å². The second kappa shape index (κ2) is 6.97. The molecular formula is C14H11BrCl2N2O. The molecule has 0 aliphatic heterocycles. The highest BCUT2D eigenvalue weighted by atomic mass is 79.9. The quantitative estimate of drug-likeness (QED) is 0.807. The number of nitrogens with one attached hydrogen (secondary N) is 2. The van der Waals surface area contributed by atoms with Gasteiger partial charge in [0.1, 0.15) is 0 Å². The van der Waals surface area contributed by atoms with Crippen LogP contribution in [0.3, 0.4) is 0 Å². The highest BCUT2D eigenvalue weighted by Crippen LogP contribution is 2.25. The van der Waals surface area contributed by atoms with E-state index in [1.165, 1.54) is 0 Å². The second-order valence-corrected chi connectivity index (χ2v) is 5.79. The molecule has 1 amide bonds. The molecule has 0 spiro atoms. The zero-order chi connectivity index (χ0) is 14.5. The van der Waals surface area contributed by atoms with Gasteiger partial charge in [0.25, 0.3) is 0 Å². The minimum atomic E-state index is -0.154. The van der Waals surface area contributed by atoms with Crippen LogP contribution in [0.5, 0.6) is 0 Å². The average Bonchev–Trinajstić information content (AvgIpc) is 2.40. The average molecular weight is 374 g/mol. The lowest BCUT2D eigenvalue weighted by atomic mass is 10.3. The first-order valence-electron chi connectivity index (χ1n) is 5.79. The highest BCUT2D eigenvalue weighted by molar-refractivity contribution is 9.10. The molecule has 0 aliphatic carbocycles. The van der Waals surface area contributed by atoms with Crippen LogP contribution in [0.15, 0.2) is 46.9 Å². The minimum absolute atomic E-state index is 0.122. The zero-order valence-corrected chi connectivity index (χ0v) is 13.4. The SMILES string of the molecule is O=C(CNc1ccc(Cl)cc1Cl)Nc1ccc(Br)cc1. The third kappa shape index (κ3) is 4.40. The molecule has 0 unspecified atom stereocenters. The molecule has 0 radical (unpaired) electrons. The molecule has 3 nitrogen and oxygen atoms in total. The molecule has 2 N–H and O–H groups in total. The maximum absolute atomic E-state index is 11.8. The lowest BCUT2D eigenvalue weighted by Gasteiger charge is -2.09. The Bertz CT molecular complexity index is 617. The minimum Gasteiger partial charge on any atom is -0.375 e. The summed E-state index contributed by atoms with van der Waals surface area (Å²) < 4.78 is 0.960. The van der Waals surface area contributed by atoms with Gasteiger partial charge in [0.2, 0.25) is 5.91 Å². The predicted molar refractivity (Wildman–Crippen MR) is 87.7 cm³/mol. The van der Waals surface area contributed by atoms with Gasteiger partial charge in [-0.2, -0.15) is 0 Å². The largest absolute Gasteiger partial charge is 0.375 e. The summed E-state index contributed by atoms with van der Waals surface area (Å²) in [6, 6.07) is 12.4. The van der Waals surface area contributed by atoms with Crippen molar-refractivity contribution >= 4 is 56.4 Å². The monoisotopic (exact) mass is 372 g/mol. The predicted octanol–water partition coefficient (Wildman–Crippen LogP) is 4.81. The lowest BCUT2D eigenvalue weighted by molar-refractivity contribution is -0.114. The summed E-state index contributed by atoms with van der Waals surface area (Å²) in [6.07, 6.45) is 0. The lowest BCUT2D eigenvalue weighted by Crippen LogP contribution is -2.21. The number of hydrogen-bond acceptors (Lipinski definition) is 2. The van der Waals surface area contributed by atoms with Crippen LogP contribution in [0.25, 0.3) is 0 Å². The maximum Gasteiger partial charge on any atom is 0.243 e. The van der Waals surface area contributed by atoms with Crippen molar-refractivity contribution in [2.45, 2.75) is 0 Å². The van der Waals surface area contributed by atoms with Gasteiger partial charge in [-0.25, -0.2) is 0 Å². The van der Waals surface area contributed by atoms with Crippen molar-refractivity contribution in [2.24, 2.45) is 0 Å². The van der Waals surface area contributed by atoms with Gasteiger partial charge in [-0.05, 0) is 42.5 Å². The van der Waals surface area contributed by atoms with E-state index in [1.54, 1.807) is 18.2 Å². The topological polar surface area (TPSA) is 41.1 Å².